The average Bonchev–Trinajstić information content (AvgIpc) is 3.09. The highest BCUT2D eigenvalue weighted by Gasteiger charge is 2.31. The number of carbonyl (C=O) groups excluding carboxylic acids is 2. The second kappa shape index (κ2) is 13.1. The summed E-state index contributed by atoms with van der Waals surface area (Å²) in [6, 6.07) is 11.9. The lowest BCUT2D eigenvalue weighted by molar-refractivity contribution is -0.140. The third-order valence-electron chi connectivity index (χ3n) is 5.38. The maximum atomic E-state index is 12.9. The Kier molecular flexibility index (Phi) is 10.2. The highest BCUT2D eigenvalue weighted by atomic mass is 79.9. The molecule has 1 aliphatic heterocycles. The van der Waals surface area contributed by atoms with Crippen LogP contribution in [-0.4, -0.2) is 41.9 Å². The molecule has 2 aromatic carbocycles. The molecule has 0 aromatic heterocycles. The number of halogens is 1. The van der Waals surface area contributed by atoms with Crippen molar-refractivity contribution in [1.82, 2.24) is 4.90 Å². The number of hydrogen-bond acceptors (Lipinski definition) is 7. The van der Waals surface area contributed by atoms with E-state index in [-0.39, 0.29) is 11.9 Å². The molecule has 1 amide bonds. The maximum absolute atomic E-state index is 12.9. The number of amides is 1. The fourth-order valence-electron chi connectivity index (χ4n) is 3.58. The van der Waals surface area contributed by atoms with E-state index in [2.05, 4.69) is 26.7 Å². The standard InChI is InChI=1S/C26H28BrNO5S2/c1-17-8-7-9-18(12-17)16-33-24-20(27)13-19(14-21(24)31-2)15-22-25(30)28(26(34)35-22)11-6-4-5-10-23(29)32-3/h7-9,12-15H,4-6,10-11,16H2,1-3H3/b22-15+. The molecule has 9 heteroatoms. The summed E-state index contributed by atoms with van der Waals surface area (Å²) in [7, 11) is 2.97. The fourth-order valence-corrected chi connectivity index (χ4v) is 5.47. The first-order valence-electron chi connectivity index (χ1n) is 11.2. The van der Waals surface area contributed by atoms with Gasteiger partial charge in [-0.15, -0.1) is 0 Å². The number of benzene rings is 2. The van der Waals surface area contributed by atoms with Crippen LogP contribution in [0.3, 0.4) is 0 Å². The van der Waals surface area contributed by atoms with Gasteiger partial charge in [0.1, 0.15) is 10.9 Å². The van der Waals surface area contributed by atoms with E-state index in [0.29, 0.717) is 40.3 Å². The Hall–Kier alpha value is -2.36. The minimum Gasteiger partial charge on any atom is -0.493 e. The predicted molar refractivity (Wildman–Crippen MR) is 147 cm³/mol. The van der Waals surface area contributed by atoms with Crippen LogP contribution in [0, 0.1) is 6.92 Å². The van der Waals surface area contributed by atoms with Gasteiger partial charge >= 0.3 is 5.97 Å². The summed E-state index contributed by atoms with van der Waals surface area (Å²) in [5.41, 5.74) is 3.04. The van der Waals surface area contributed by atoms with Crippen molar-refractivity contribution in [2.24, 2.45) is 0 Å². The van der Waals surface area contributed by atoms with Gasteiger partial charge in [-0.25, -0.2) is 0 Å². The first-order valence-corrected chi connectivity index (χ1v) is 13.2. The quantitative estimate of drug-likeness (QED) is 0.135. The van der Waals surface area contributed by atoms with Gasteiger partial charge in [0.05, 0.1) is 23.6 Å². The van der Waals surface area contributed by atoms with E-state index in [0.717, 1.165) is 34.9 Å². The molecule has 35 heavy (non-hydrogen) atoms. The van der Waals surface area contributed by atoms with E-state index in [1.165, 1.54) is 24.4 Å². The van der Waals surface area contributed by atoms with Crippen LogP contribution in [0.2, 0.25) is 0 Å². The van der Waals surface area contributed by atoms with Crippen LogP contribution >= 0.6 is 39.9 Å². The van der Waals surface area contributed by atoms with Crippen molar-refractivity contribution in [2.45, 2.75) is 39.2 Å². The lowest BCUT2D eigenvalue weighted by Crippen LogP contribution is -2.29. The molecule has 1 fully saturated rings. The Balaban J connectivity index is 1.66. The number of rotatable bonds is 11. The molecule has 1 saturated heterocycles. The lowest BCUT2D eigenvalue weighted by atomic mass is 10.1. The number of aryl methyl sites for hydroxylation is 1. The molecule has 1 heterocycles. The van der Waals surface area contributed by atoms with Crippen molar-refractivity contribution in [1.29, 1.82) is 0 Å². The van der Waals surface area contributed by atoms with E-state index >= 15 is 0 Å². The van der Waals surface area contributed by atoms with Crippen LogP contribution in [-0.2, 0) is 20.9 Å². The summed E-state index contributed by atoms with van der Waals surface area (Å²) in [5.74, 6) is 0.847. The van der Waals surface area contributed by atoms with Gasteiger partial charge in [-0.2, -0.15) is 0 Å². The Labute approximate surface area is 224 Å². The van der Waals surface area contributed by atoms with E-state index in [4.69, 9.17) is 21.7 Å². The molecule has 6 nitrogen and oxygen atoms in total. The number of unbranched alkanes of at least 4 members (excludes halogenated alkanes) is 2. The number of nitrogens with zero attached hydrogens (tertiary/aromatic N) is 1. The number of methoxy groups -OCH3 is 2. The second-order valence-corrected chi connectivity index (χ2v) is 10.6. The monoisotopic (exact) mass is 577 g/mol. The second-order valence-electron chi connectivity index (χ2n) is 8.03. The van der Waals surface area contributed by atoms with Gasteiger partial charge in [0.25, 0.3) is 5.91 Å². The van der Waals surface area contributed by atoms with Crippen LogP contribution in [0.25, 0.3) is 6.08 Å². The topological polar surface area (TPSA) is 65.1 Å². The van der Waals surface area contributed by atoms with Crippen LogP contribution < -0.4 is 9.47 Å². The fraction of sp³-hybridized carbons (Fsp3) is 0.346. The average molecular weight is 579 g/mol. The van der Waals surface area contributed by atoms with Crippen molar-refractivity contribution in [3.63, 3.8) is 0 Å². The first kappa shape index (κ1) is 27.2. The van der Waals surface area contributed by atoms with Gasteiger partial charge in [0.2, 0.25) is 0 Å². The highest BCUT2D eigenvalue weighted by molar-refractivity contribution is 9.10. The van der Waals surface area contributed by atoms with Gasteiger partial charge < -0.3 is 14.2 Å². The smallest absolute Gasteiger partial charge is 0.305 e. The third-order valence-corrected chi connectivity index (χ3v) is 7.35. The summed E-state index contributed by atoms with van der Waals surface area (Å²) in [6.45, 7) is 2.98. The summed E-state index contributed by atoms with van der Waals surface area (Å²) >= 11 is 10.3. The molecule has 1 aliphatic rings. The lowest BCUT2D eigenvalue weighted by Gasteiger charge is -2.14. The van der Waals surface area contributed by atoms with Crippen molar-refractivity contribution in [3.05, 3.63) is 62.5 Å². The molecule has 2 aromatic rings. The van der Waals surface area contributed by atoms with E-state index < -0.39 is 0 Å². The summed E-state index contributed by atoms with van der Waals surface area (Å²) in [4.78, 5) is 26.3. The van der Waals surface area contributed by atoms with Crippen molar-refractivity contribution < 1.29 is 23.8 Å². The number of esters is 1. The van der Waals surface area contributed by atoms with Gasteiger partial charge in [0, 0.05) is 13.0 Å². The number of carbonyl (C=O) groups is 2. The van der Waals surface area contributed by atoms with Gasteiger partial charge in [-0.1, -0.05) is 60.2 Å². The minimum atomic E-state index is -0.216. The molecular weight excluding hydrogens is 550 g/mol. The maximum Gasteiger partial charge on any atom is 0.305 e. The summed E-state index contributed by atoms with van der Waals surface area (Å²) in [5, 5.41) is 0. The van der Waals surface area contributed by atoms with Crippen LogP contribution in [0.4, 0.5) is 0 Å². The zero-order valence-corrected chi connectivity index (χ0v) is 23.2. The Morgan fingerprint density at radius 3 is 2.69 bits per heavy atom. The summed E-state index contributed by atoms with van der Waals surface area (Å²) < 4.78 is 17.5. The van der Waals surface area contributed by atoms with E-state index in [1.54, 1.807) is 12.0 Å². The van der Waals surface area contributed by atoms with Crippen LogP contribution in [0.15, 0.2) is 45.8 Å². The van der Waals surface area contributed by atoms with Crippen molar-refractivity contribution >= 4 is 62.2 Å². The largest absolute Gasteiger partial charge is 0.493 e. The molecule has 0 radical (unpaired) electrons. The first-order chi connectivity index (χ1) is 16.8. The van der Waals surface area contributed by atoms with Crippen molar-refractivity contribution in [3.8, 4) is 11.5 Å². The molecule has 0 spiro atoms. The van der Waals surface area contributed by atoms with Gasteiger partial charge in [-0.05, 0) is 65.0 Å². The molecule has 186 valence electrons. The molecule has 3 rings (SSSR count). The van der Waals surface area contributed by atoms with E-state index in [9.17, 15) is 9.59 Å². The number of ether oxygens (including phenoxy) is 3. The van der Waals surface area contributed by atoms with Crippen molar-refractivity contribution in [2.75, 3.05) is 20.8 Å². The Morgan fingerprint density at radius 2 is 1.97 bits per heavy atom. The van der Waals surface area contributed by atoms with Crippen LogP contribution in [0.5, 0.6) is 11.5 Å². The molecule has 0 unspecified atom stereocenters. The Bertz CT molecular complexity index is 1130. The van der Waals surface area contributed by atoms with Crippen LogP contribution in [0.1, 0.15) is 42.4 Å². The molecule has 0 N–H and O–H groups in total. The molecule has 0 saturated carbocycles. The summed E-state index contributed by atoms with van der Waals surface area (Å²) in [6.07, 6.45) is 4.51. The molecule has 0 aliphatic carbocycles. The minimum absolute atomic E-state index is 0.108. The predicted octanol–water partition coefficient (Wildman–Crippen LogP) is 6.28. The SMILES string of the molecule is COC(=O)CCCCCN1C(=O)/C(=C\c2cc(Br)c(OCc3cccc(C)c3)c(OC)c2)SC1=S. The number of thiocarbonyl (C=S) groups is 1. The van der Waals surface area contributed by atoms with E-state index in [1.807, 2.05) is 43.3 Å². The normalized spacial score (nSPS) is 14.5. The number of thioether (sulfide) groups is 1. The zero-order chi connectivity index (χ0) is 25.4. The zero-order valence-electron chi connectivity index (χ0n) is 20.0. The highest BCUT2D eigenvalue weighted by Crippen LogP contribution is 2.39. The number of hydrogen-bond donors (Lipinski definition) is 0. The molecular formula is C26H28BrNO5S2. The molecule has 0 bridgehead atoms. The van der Waals surface area contributed by atoms with Gasteiger partial charge in [-0.3, -0.25) is 14.5 Å². The molecule has 0 atom stereocenters. The van der Waals surface area contributed by atoms with Gasteiger partial charge in [0.15, 0.2) is 11.5 Å². The Morgan fingerprint density at radius 1 is 1.17 bits per heavy atom. The third kappa shape index (κ3) is 7.56.